The zero-order valence-electron chi connectivity index (χ0n) is 14.3. The quantitative estimate of drug-likeness (QED) is 0.863. The van der Waals surface area contributed by atoms with Crippen molar-refractivity contribution in [2.24, 2.45) is 23.2 Å². The van der Waals surface area contributed by atoms with Crippen molar-refractivity contribution in [3.05, 3.63) is 30.5 Å². The number of anilines is 1. The van der Waals surface area contributed by atoms with Crippen molar-refractivity contribution in [1.82, 2.24) is 9.59 Å². The molecule has 130 valence electrons. The summed E-state index contributed by atoms with van der Waals surface area (Å²) in [5.74, 6) is 2.87. The highest BCUT2D eigenvalue weighted by Gasteiger charge is 2.51. The maximum Gasteiger partial charge on any atom is 0.224 e. The smallest absolute Gasteiger partial charge is 0.224 e. The average Bonchev–Trinajstić information content (AvgIpc) is 3.08. The van der Waals surface area contributed by atoms with E-state index < -0.39 is 0 Å². The number of rotatable bonds is 4. The van der Waals surface area contributed by atoms with E-state index in [2.05, 4.69) is 14.9 Å². The highest BCUT2D eigenvalue weighted by atomic mass is 32.1. The van der Waals surface area contributed by atoms with E-state index in [4.69, 9.17) is 0 Å². The normalized spacial score (nSPS) is 32.7. The molecule has 0 saturated heterocycles. The van der Waals surface area contributed by atoms with Gasteiger partial charge in [-0.2, -0.15) is 0 Å². The predicted octanol–water partition coefficient (Wildman–Crippen LogP) is 4.75. The third kappa shape index (κ3) is 2.99. The van der Waals surface area contributed by atoms with Crippen LogP contribution in [0.15, 0.2) is 30.5 Å². The minimum Gasteiger partial charge on any atom is -0.326 e. The lowest BCUT2D eigenvalue weighted by atomic mass is 9.49. The minimum atomic E-state index is 0.189. The fourth-order valence-electron chi connectivity index (χ4n) is 6.06. The van der Waals surface area contributed by atoms with E-state index in [1.807, 2.05) is 24.3 Å². The molecule has 2 aromatic rings. The second kappa shape index (κ2) is 5.90. The molecule has 4 saturated carbocycles. The lowest BCUT2D eigenvalue weighted by Crippen LogP contribution is -2.47. The molecule has 0 aliphatic heterocycles. The first-order valence-corrected chi connectivity index (χ1v) is 10.1. The molecule has 1 heterocycles. The van der Waals surface area contributed by atoms with Crippen LogP contribution in [0.2, 0.25) is 0 Å². The molecule has 1 amide bonds. The van der Waals surface area contributed by atoms with Crippen LogP contribution in [-0.2, 0) is 4.79 Å². The zero-order valence-corrected chi connectivity index (χ0v) is 15.1. The number of aromatic nitrogens is 2. The molecule has 0 radical (unpaired) electrons. The van der Waals surface area contributed by atoms with Crippen molar-refractivity contribution in [2.75, 3.05) is 5.32 Å². The molecule has 4 aliphatic rings. The van der Waals surface area contributed by atoms with Gasteiger partial charge in [-0.1, -0.05) is 16.6 Å². The number of amides is 1. The lowest BCUT2D eigenvalue weighted by Gasteiger charge is -2.56. The van der Waals surface area contributed by atoms with E-state index in [-0.39, 0.29) is 5.91 Å². The van der Waals surface area contributed by atoms with Crippen LogP contribution in [0.1, 0.15) is 44.9 Å². The maximum absolute atomic E-state index is 12.7. The van der Waals surface area contributed by atoms with E-state index in [1.165, 1.54) is 50.1 Å². The van der Waals surface area contributed by atoms with E-state index in [1.54, 1.807) is 6.20 Å². The Balaban J connectivity index is 1.25. The van der Waals surface area contributed by atoms with Crippen molar-refractivity contribution in [3.8, 4) is 10.4 Å². The van der Waals surface area contributed by atoms with Gasteiger partial charge >= 0.3 is 0 Å². The van der Waals surface area contributed by atoms with Crippen molar-refractivity contribution < 1.29 is 4.79 Å². The zero-order chi connectivity index (χ0) is 16.9. The van der Waals surface area contributed by atoms with Gasteiger partial charge in [-0.05, 0) is 90.9 Å². The summed E-state index contributed by atoms with van der Waals surface area (Å²) in [5.41, 5.74) is 2.28. The maximum atomic E-state index is 12.7. The highest BCUT2D eigenvalue weighted by molar-refractivity contribution is 7.09. The SMILES string of the molecule is O=C(CC12CC3CC(CC(C3)C1)C2)Nc1ccc(-c2cnns2)cc1. The highest BCUT2D eigenvalue weighted by Crippen LogP contribution is 2.61. The number of nitrogens with one attached hydrogen (secondary N) is 1. The van der Waals surface area contributed by atoms with E-state index in [0.717, 1.165) is 33.9 Å². The van der Waals surface area contributed by atoms with Crippen molar-refractivity contribution in [1.29, 1.82) is 0 Å². The number of hydrogen-bond donors (Lipinski definition) is 1. The Morgan fingerprint density at radius 1 is 1.08 bits per heavy atom. The lowest BCUT2D eigenvalue weighted by molar-refractivity contribution is -0.124. The Labute approximate surface area is 152 Å². The number of benzene rings is 1. The van der Waals surface area contributed by atoms with E-state index in [9.17, 15) is 4.79 Å². The molecule has 0 spiro atoms. The van der Waals surface area contributed by atoms with Gasteiger partial charge in [0.1, 0.15) is 0 Å². The van der Waals surface area contributed by atoms with Gasteiger partial charge in [0.15, 0.2) is 0 Å². The summed E-state index contributed by atoms with van der Waals surface area (Å²) in [6.45, 7) is 0. The molecule has 1 aromatic carbocycles. The molecule has 4 fully saturated rings. The Hall–Kier alpha value is -1.75. The molecule has 4 nitrogen and oxygen atoms in total. The summed E-state index contributed by atoms with van der Waals surface area (Å²) >= 11 is 1.38. The van der Waals surface area contributed by atoms with Crippen molar-refractivity contribution in [2.45, 2.75) is 44.9 Å². The molecule has 1 aromatic heterocycles. The Morgan fingerprint density at radius 2 is 1.72 bits per heavy atom. The monoisotopic (exact) mass is 353 g/mol. The third-order valence-electron chi connectivity index (χ3n) is 6.52. The van der Waals surface area contributed by atoms with Crippen LogP contribution >= 0.6 is 11.5 Å². The molecule has 5 heteroatoms. The molecule has 6 rings (SSSR count). The fourth-order valence-corrected chi connectivity index (χ4v) is 6.58. The van der Waals surface area contributed by atoms with Crippen LogP contribution < -0.4 is 5.32 Å². The summed E-state index contributed by atoms with van der Waals surface area (Å²) in [5, 5.41) is 6.99. The summed E-state index contributed by atoms with van der Waals surface area (Å²) in [7, 11) is 0. The number of nitrogens with zero attached hydrogens (tertiary/aromatic N) is 2. The summed E-state index contributed by atoms with van der Waals surface area (Å²) in [4.78, 5) is 13.7. The Kier molecular flexibility index (Phi) is 3.66. The van der Waals surface area contributed by atoms with Gasteiger partial charge < -0.3 is 5.32 Å². The van der Waals surface area contributed by atoms with Crippen LogP contribution in [0.25, 0.3) is 10.4 Å². The van der Waals surface area contributed by atoms with Crippen LogP contribution in [0, 0.1) is 23.2 Å². The third-order valence-corrected chi connectivity index (χ3v) is 7.23. The van der Waals surface area contributed by atoms with Gasteiger partial charge in [0.25, 0.3) is 0 Å². The van der Waals surface area contributed by atoms with E-state index >= 15 is 0 Å². The number of carbonyl (C=O) groups is 1. The Bertz CT molecular complexity index is 733. The Morgan fingerprint density at radius 3 is 2.28 bits per heavy atom. The molecule has 1 N–H and O–H groups in total. The number of hydrogen-bond acceptors (Lipinski definition) is 4. The first-order valence-electron chi connectivity index (χ1n) is 9.35. The first kappa shape index (κ1) is 15.5. The molecular formula is C20H23N3OS. The largest absolute Gasteiger partial charge is 0.326 e. The summed E-state index contributed by atoms with van der Waals surface area (Å²) in [6.07, 6.45) is 10.6. The predicted molar refractivity (Wildman–Crippen MR) is 99.2 cm³/mol. The van der Waals surface area contributed by atoms with Gasteiger partial charge in [0, 0.05) is 12.1 Å². The number of carbonyl (C=O) groups excluding carboxylic acids is 1. The molecule has 4 aliphatic carbocycles. The van der Waals surface area contributed by atoms with Crippen LogP contribution in [-0.4, -0.2) is 15.5 Å². The molecule has 0 unspecified atom stereocenters. The molecule has 0 atom stereocenters. The van der Waals surface area contributed by atoms with Gasteiger partial charge in [-0.3, -0.25) is 4.79 Å². The topological polar surface area (TPSA) is 54.9 Å². The second-order valence-corrected chi connectivity index (χ2v) is 9.29. The van der Waals surface area contributed by atoms with Crippen molar-refractivity contribution >= 4 is 23.1 Å². The van der Waals surface area contributed by atoms with Crippen molar-refractivity contribution in [3.63, 3.8) is 0 Å². The van der Waals surface area contributed by atoms with Gasteiger partial charge in [-0.25, -0.2) is 0 Å². The van der Waals surface area contributed by atoms with Gasteiger partial charge in [-0.15, -0.1) is 5.10 Å². The molecular weight excluding hydrogens is 330 g/mol. The van der Waals surface area contributed by atoms with E-state index in [0.29, 0.717) is 11.8 Å². The van der Waals surface area contributed by atoms with Crippen LogP contribution in [0.5, 0.6) is 0 Å². The van der Waals surface area contributed by atoms with Crippen LogP contribution in [0.4, 0.5) is 5.69 Å². The van der Waals surface area contributed by atoms with Gasteiger partial charge in [0.2, 0.25) is 5.91 Å². The van der Waals surface area contributed by atoms with Gasteiger partial charge in [0.05, 0.1) is 11.1 Å². The minimum absolute atomic E-state index is 0.189. The summed E-state index contributed by atoms with van der Waals surface area (Å²) in [6, 6.07) is 8.00. The first-order chi connectivity index (χ1) is 12.2. The molecule has 4 bridgehead atoms. The second-order valence-electron chi connectivity index (χ2n) is 8.50. The average molecular weight is 353 g/mol. The molecule has 25 heavy (non-hydrogen) atoms. The fraction of sp³-hybridized carbons (Fsp3) is 0.550. The standard InChI is InChI=1S/C20H23N3OS/c24-19(11-20-8-13-5-14(9-20)7-15(6-13)10-20)22-17-3-1-16(2-4-17)18-12-21-23-25-18/h1-4,12-15H,5-11H2,(H,22,24). The summed E-state index contributed by atoms with van der Waals surface area (Å²) < 4.78 is 3.89. The van der Waals surface area contributed by atoms with Crippen LogP contribution in [0.3, 0.4) is 0 Å².